The summed E-state index contributed by atoms with van der Waals surface area (Å²) in [5.41, 5.74) is 2.67. The molecule has 1 N–H and O–H groups in total. The number of ether oxygens (including phenoxy) is 2. The summed E-state index contributed by atoms with van der Waals surface area (Å²) in [5, 5.41) is 2.88. The SMILES string of the molecule is COc1ccc(/C=C2\SC(=S)N(CCCC(=O)Nc3cccc(C)c3)C2=O)cc1OC. The smallest absolute Gasteiger partial charge is 0.266 e. The van der Waals surface area contributed by atoms with Crippen LogP contribution in [0.25, 0.3) is 6.08 Å². The molecule has 1 aliphatic heterocycles. The topological polar surface area (TPSA) is 67.9 Å². The van der Waals surface area contributed by atoms with E-state index < -0.39 is 0 Å². The highest BCUT2D eigenvalue weighted by atomic mass is 32.2. The zero-order valence-corrected chi connectivity index (χ0v) is 19.3. The maximum Gasteiger partial charge on any atom is 0.266 e. The standard InChI is InChI=1S/C23H24N2O4S2/c1-15-6-4-7-17(12-15)24-21(26)8-5-11-25-22(27)20(31-23(25)30)14-16-9-10-18(28-2)19(13-16)29-3/h4,6-7,9-10,12-14H,5,8,11H2,1-3H3,(H,24,26)/b20-14-. The Kier molecular flexibility index (Phi) is 7.70. The van der Waals surface area contributed by atoms with Gasteiger partial charge in [0.1, 0.15) is 4.32 Å². The fourth-order valence-electron chi connectivity index (χ4n) is 3.13. The number of thiocarbonyl (C=S) groups is 1. The van der Waals surface area contributed by atoms with Gasteiger partial charge in [-0.1, -0.05) is 42.2 Å². The predicted octanol–water partition coefficient (Wildman–Crippen LogP) is 4.63. The summed E-state index contributed by atoms with van der Waals surface area (Å²) in [7, 11) is 3.14. The van der Waals surface area contributed by atoms with E-state index in [1.165, 1.54) is 11.8 Å². The second-order valence-electron chi connectivity index (χ2n) is 6.97. The number of carbonyl (C=O) groups excluding carboxylic acids is 2. The average molecular weight is 457 g/mol. The summed E-state index contributed by atoms with van der Waals surface area (Å²) in [6.07, 6.45) is 2.61. The van der Waals surface area contributed by atoms with Gasteiger partial charge in [-0.3, -0.25) is 14.5 Å². The van der Waals surface area contributed by atoms with Gasteiger partial charge in [-0.25, -0.2) is 0 Å². The Balaban J connectivity index is 1.57. The third-order valence-electron chi connectivity index (χ3n) is 4.67. The Morgan fingerprint density at radius 1 is 1.16 bits per heavy atom. The normalized spacial score (nSPS) is 14.8. The van der Waals surface area contributed by atoms with E-state index in [1.807, 2.05) is 37.3 Å². The minimum absolute atomic E-state index is 0.0862. The number of nitrogens with zero attached hydrogens (tertiary/aromatic N) is 1. The van der Waals surface area contributed by atoms with Crippen molar-refractivity contribution in [3.63, 3.8) is 0 Å². The maximum absolute atomic E-state index is 12.8. The van der Waals surface area contributed by atoms with Gasteiger partial charge in [0.25, 0.3) is 5.91 Å². The molecule has 0 saturated carbocycles. The molecule has 3 rings (SSSR count). The predicted molar refractivity (Wildman–Crippen MR) is 128 cm³/mol. The van der Waals surface area contributed by atoms with Crippen LogP contribution in [0.1, 0.15) is 24.0 Å². The number of anilines is 1. The molecule has 0 spiro atoms. The molecule has 1 saturated heterocycles. The molecule has 2 aromatic rings. The molecule has 6 nitrogen and oxygen atoms in total. The van der Waals surface area contributed by atoms with Crippen LogP contribution in [0.15, 0.2) is 47.4 Å². The van der Waals surface area contributed by atoms with E-state index in [1.54, 1.807) is 37.3 Å². The fraction of sp³-hybridized carbons (Fsp3) is 0.261. The van der Waals surface area contributed by atoms with E-state index >= 15 is 0 Å². The molecule has 0 aliphatic carbocycles. The molecule has 1 heterocycles. The Morgan fingerprint density at radius 2 is 1.94 bits per heavy atom. The van der Waals surface area contributed by atoms with E-state index in [2.05, 4.69) is 5.32 Å². The van der Waals surface area contributed by atoms with Crippen molar-refractivity contribution in [2.45, 2.75) is 19.8 Å². The molecule has 2 amide bonds. The van der Waals surface area contributed by atoms with Gasteiger partial charge in [-0.15, -0.1) is 0 Å². The lowest BCUT2D eigenvalue weighted by molar-refractivity contribution is -0.122. The molecular formula is C23H24N2O4S2. The number of benzene rings is 2. The average Bonchev–Trinajstić information content (AvgIpc) is 3.01. The molecule has 0 radical (unpaired) electrons. The van der Waals surface area contributed by atoms with Crippen molar-refractivity contribution in [1.29, 1.82) is 0 Å². The Morgan fingerprint density at radius 3 is 2.65 bits per heavy atom. The van der Waals surface area contributed by atoms with E-state index in [0.717, 1.165) is 16.8 Å². The molecule has 31 heavy (non-hydrogen) atoms. The highest BCUT2D eigenvalue weighted by Gasteiger charge is 2.31. The minimum Gasteiger partial charge on any atom is -0.493 e. The molecule has 0 unspecified atom stereocenters. The van der Waals surface area contributed by atoms with E-state index in [9.17, 15) is 9.59 Å². The lowest BCUT2D eigenvalue weighted by Gasteiger charge is -2.14. The van der Waals surface area contributed by atoms with Crippen molar-refractivity contribution < 1.29 is 19.1 Å². The first-order chi connectivity index (χ1) is 14.9. The number of hydrogen-bond donors (Lipinski definition) is 1. The number of aryl methyl sites for hydroxylation is 1. The van der Waals surface area contributed by atoms with Gasteiger partial charge >= 0.3 is 0 Å². The van der Waals surface area contributed by atoms with Crippen LogP contribution in [0.4, 0.5) is 5.69 Å². The summed E-state index contributed by atoms with van der Waals surface area (Å²) in [6, 6.07) is 13.1. The highest BCUT2D eigenvalue weighted by molar-refractivity contribution is 8.26. The summed E-state index contributed by atoms with van der Waals surface area (Å²) in [6.45, 7) is 2.37. The van der Waals surface area contributed by atoms with Gasteiger partial charge in [0, 0.05) is 18.7 Å². The van der Waals surface area contributed by atoms with Crippen molar-refractivity contribution in [1.82, 2.24) is 4.90 Å². The Hall–Kier alpha value is -2.84. The molecule has 1 aliphatic rings. The lowest BCUT2D eigenvalue weighted by atomic mass is 10.2. The van der Waals surface area contributed by atoms with Crippen LogP contribution in [0.2, 0.25) is 0 Å². The van der Waals surface area contributed by atoms with Crippen molar-refractivity contribution in [3.8, 4) is 11.5 Å². The van der Waals surface area contributed by atoms with Crippen LogP contribution in [0, 0.1) is 6.92 Å². The van der Waals surface area contributed by atoms with Gasteiger partial charge in [-0.2, -0.15) is 0 Å². The zero-order valence-electron chi connectivity index (χ0n) is 17.6. The van der Waals surface area contributed by atoms with Gasteiger partial charge in [-0.05, 0) is 54.8 Å². The first-order valence-electron chi connectivity index (χ1n) is 9.75. The van der Waals surface area contributed by atoms with Crippen LogP contribution >= 0.6 is 24.0 Å². The van der Waals surface area contributed by atoms with Gasteiger partial charge in [0.05, 0.1) is 19.1 Å². The van der Waals surface area contributed by atoms with Crippen molar-refractivity contribution in [3.05, 3.63) is 58.5 Å². The molecule has 0 atom stereocenters. The van der Waals surface area contributed by atoms with E-state index in [4.69, 9.17) is 21.7 Å². The highest BCUT2D eigenvalue weighted by Crippen LogP contribution is 2.34. The summed E-state index contributed by atoms with van der Waals surface area (Å²) < 4.78 is 11.1. The Bertz CT molecular complexity index is 1040. The van der Waals surface area contributed by atoms with Gasteiger partial charge < -0.3 is 14.8 Å². The maximum atomic E-state index is 12.8. The number of carbonyl (C=O) groups is 2. The summed E-state index contributed by atoms with van der Waals surface area (Å²) >= 11 is 6.64. The zero-order chi connectivity index (χ0) is 22.4. The van der Waals surface area contributed by atoms with Crippen LogP contribution < -0.4 is 14.8 Å². The van der Waals surface area contributed by atoms with Crippen LogP contribution in [0.5, 0.6) is 11.5 Å². The van der Waals surface area contributed by atoms with Crippen molar-refractivity contribution >= 4 is 51.9 Å². The molecular weight excluding hydrogens is 432 g/mol. The first kappa shape index (κ1) is 22.8. The largest absolute Gasteiger partial charge is 0.493 e. The molecule has 162 valence electrons. The molecule has 1 fully saturated rings. The number of methoxy groups -OCH3 is 2. The summed E-state index contributed by atoms with van der Waals surface area (Å²) in [5.74, 6) is 0.975. The first-order valence-corrected chi connectivity index (χ1v) is 11.0. The van der Waals surface area contributed by atoms with Crippen LogP contribution in [-0.4, -0.2) is 41.8 Å². The van der Waals surface area contributed by atoms with Crippen molar-refractivity contribution in [2.75, 3.05) is 26.1 Å². The minimum atomic E-state index is -0.149. The van der Waals surface area contributed by atoms with Gasteiger partial charge in [0.15, 0.2) is 11.5 Å². The lowest BCUT2D eigenvalue weighted by Crippen LogP contribution is -2.29. The number of nitrogens with one attached hydrogen (secondary N) is 1. The van der Waals surface area contributed by atoms with Crippen molar-refractivity contribution in [2.24, 2.45) is 0 Å². The van der Waals surface area contributed by atoms with E-state index in [-0.39, 0.29) is 11.8 Å². The Labute approximate surface area is 191 Å². The van der Waals surface area contributed by atoms with E-state index in [0.29, 0.717) is 40.1 Å². The number of thioether (sulfide) groups is 1. The van der Waals surface area contributed by atoms with Crippen LogP contribution in [-0.2, 0) is 9.59 Å². The third-order valence-corrected chi connectivity index (χ3v) is 6.04. The number of amides is 2. The molecule has 8 heteroatoms. The quantitative estimate of drug-likeness (QED) is 0.461. The monoisotopic (exact) mass is 456 g/mol. The van der Waals surface area contributed by atoms with Gasteiger partial charge in [0.2, 0.25) is 5.91 Å². The fourth-order valence-corrected chi connectivity index (χ4v) is 4.44. The molecule has 2 aromatic carbocycles. The second-order valence-corrected chi connectivity index (χ2v) is 8.64. The number of hydrogen-bond acceptors (Lipinski definition) is 6. The summed E-state index contributed by atoms with van der Waals surface area (Å²) in [4.78, 5) is 27.1. The molecule has 0 aromatic heterocycles. The third kappa shape index (κ3) is 5.86. The molecule has 0 bridgehead atoms. The van der Waals surface area contributed by atoms with Crippen LogP contribution in [0.3, 0.4) is 0 Å². The second kappa shape index (κ2) is 10.5. The number of rotatable bonds is 8.